The highest BCUT2D eigenvalue weighted by Gasteiger charge is 2.09. The summed E-state index contributed by atoms with van der Waals surface area (Å²) in [6.45, 7) is 0.509. The van der Waals surface area contributed by atoms with Crippen LogP contribution in [0.2, 0.25) is 0 Å². The van der Waals surface area contributed by atoms with E-state index in [-0.39, 0.29) is 6.61 Å². The molecule has 0 aliphatic heterocycles. The number of nitrogens with zero attached hydrogens (tertiary/aromatic N) is 3. The summed E-state index contributed by atoms with van der Waals surface area (Å²) in [6, 6.07) is 18.8. The minimum Gasteiger partial charge on any atom is -0.491 e. The fraction of sp³-hybridized carbons (Fsp3) is 0.158. The summed E-state index contributed by atoms with van der Waals surface area (Å²) in [5.41, 5.74) is 2.68. The number of nitriles is 1. The molecule has 1 N–H and O–H groups in total. The van der Waals surface area contributed by atoms with Crippen molar-refractivity contribution in [2.45, 2.75) is 12.6 Å². The maximum Gasteiger partial charge on any atom is 0.119 e. The molecule has 1 heterocycles. The van der Waals surface area contributed by atoms with Crippen molar-refractivity contribution in [2.24, 2.45) is 0 Å². The van der Waals surface area contributed by atoms with E-state index in [0.29, 0.717) is 17.9 Å². The predicted molar refractivity (Wildman–Crippen MR) is 90.3 cm³/mol. The standard InChI is InChI=1S/C19H17N3O2/c20-10-15-6-8-19(9-7-15)24-14-18(23)13-22-12-17(11-21-22)16-4-2-1-3-5-16/h1-9,11-12,18,23H,13-14H2. The van der Waals surface area contributed by atoms with Gasteiger partial charge in [0.15, 0.2) is 0 Å². The van der Waals surface area contributed by atoms with Gasteiger partial charge in [-0.05, 0) is 29.8 Å². The molecule has 0 fully saturated rings. The monoisotopic (exact) mass is 319 g/mol. The zero-order valence-corrected chi connectivity index (χ0v) is 13.0. The Balaban J connectivity index is 1.54. The van der Waals surface area contributed by atoms with Crippen LogP contribution in [-0.4, -0.2) is 27.6 Å². The lowest BCUT2D eigenvalue weighted by atomic mass is 10.1. The molecule has 3 rings (SSSR count). The van der Waals surface area contributed by atoms with E-state index in [0.717, 1.165) is 11.1 Å². The van der Waals surface area contributed by atoms with E-state index in [1.165, 1.54) is 0 Å². The van der Waals surface area contributed by atoms with E-state index in [9.17, 15) is 5.11 Å². The number of aromatic nitrogens is 2. The molecule has 120 valence electrons. The van der Waals surface area contributed by atoms with Crippen LogP contribution in [0.3, 0.4) is 0 Å². The van der Waals surface area contributed by atoms with Crippen molar-refractivity contribution >= 4 is 0 Å². The van der Waals surface area contributed by atoms with Gasteiger partial charge in [0.1, 0.15) is 18.5 Å². The normalized spacial score (nSPS) is 11.7. The average molecular weight is 319 g/mol. The quantitative estimate of drug-likeness (QED) is 0.758. The molecule has 2 aromatic carbocycles. The molecule has 0 aliphatic carbocycles. The molecule has 24 heavy (non-hydrogen) atoms. The Kier molecular flexibility index (Phi) is 4.90. The topological polar surface area (TPSA) is 71.1 Å². The third kappa shape index (κ3) is 4.00. The number of hydrogen-bond donors (Lipinski definition) is 1. The fourth-order valence-corrected chi connectivity index (χ4v) is 2.33. The van der Waals surface area contributed by atoms with Crippen molar-refractivity contribution in [1.29, 1.82) is 5.26 Å². The zero-order valence-electron chi connectivity index (χ0n) is 13.0. The lowest BCUT2D eigenvalue weighted by Gasteiger charge is -2.12. The van der Waals surface area contributed by atoms with E-state index >= 15 is 0 Å². The van der Waals surface area contributed by atoms with Gasteiger partial charge >= 0.3 is 0 Å². The molecule has 1 aromatic heterocycles. The van der Waals surface area contributed by atoms with Gasteiger partial charge in [-0.1, -0.05) is 30.3 Å². The molecule has 0 spiro atoms. The number of benzene rings is 2. The van der Waals surface area contributed by atoms with Gasteiger partial charge in [0.2, 0.25) is 0 Å². The lowest BCUT2D eigenvalue weighted by molar-refractivity contribution is 0.0893. The second-order valence-electron chi connectivity index (χ2n) is 5.42. The molecule has 0 radical (unpaired) electrons. The molecule has 5 heteroatoms. The van der Waals surface area contributed by atoms with E-state index < -0.39 is 6.10 Å². The summed E-state index contributed by atoms with van der Waals surface area (Å²) in [5.74, 6) is 0.624. The first-order valence-electron chi connectivity index (χ1n) is 7.63. The maximum absolute atomic E-state index is 10.1. The summed E-state index contributed by atoms with van der Waals surface area (Å²) >= 11 is 0. The third-order valence-electron chi connectivity index (χ3n) is 3.56. The number of aliphatic hydroxyl groups is 1. The SMILES string of the molecule is N#Cc1ccc(OCC(O)Cn2cc(-c3ccccc3)cn2)cc1. The van der Waals surface area contributed by atoms with Crippen molar-refractivity contribution in [2.75, 3.05) is 6.61 Å². The number of ether oxygens (including phenoxy) is 1. The zero-order chi connectivity index (χ0) is 16.8. The van der Waals surface area contributed by atoms with Gasteiger partial charge < -0.3 is 9.84 Å². The molecular formula is C19H17N3O2. The van der Waals surface area contributed by atoms with E-state index in [1.807, 2.05) is 36.5 Å². The Hall–Kier alpha value is -3.10. The van der Waals surface area contributed by atoms with E-state index in [2.05, 4.69) is 11.2 Å². The van der Waals surface area contributed by atoms with Gasteiger partial charge in [0, 0.05) is 11.8 Å². The van der Waals surface area contributed by atoms with Crippen LogP contribution in [0.25, 0.3) is 11.1 Å². The molecule has 0 amide bonds. The summed E-state index contributed by atoms with van der Waals surface area (Å²) in [4.78, 5) is 0. The second kappa shape index (κ2) is 7.44. The average Bonchev–Trinajstić information content (AvgIpc) is 3.09. The second-order valence-corrected chi connectivity index (χ2v) is 5.42. The highest BCUT2D eigenvalue weighted by Crippen LogP contribution is 2.17. The lowest BCUT2D eigenvalue weighted by Crippen LogP contribution is -2.23. The molecule has 5 nitrogen and oxygen atoms in total. The van der Waals surface area contributed by atoms with Crippen LogP contribution in [0.15, 0.2) is 67.0 Å². The Labute approximate surface area is 140 Å². The van der Waals surface area contributed by atoms with Gasteiger partial charge in [-0.3, -0.25) is 4.68 Å². The van der Waals surface area contributed by atoms with Crippen molar-refractivity contribution < 1.29 is 9.84 Å². The molecule has 1 atom stereocenters. The van der Waals surface area contributed by atoms with Crippen LogP contribution < -0.4 is 4.74 Å². The molecule has 0 bridgehead atoms. The Morgan fingerprint density at radius 1 is 1.08 bits per heavy atom. The molecule has 3 aromatic rings. The molecule has 0 saturated heterocycles. The first-order chi connectivity index (χ1) is 11.7. The fourth-order valence-electron chi connectivity index (χ4n) is 2.33. The van der Waals surface area contributed by atoms with Gasteiger partial charge in [0.05, 0.1) is 24.4 Å². The highest BCUT2D eigenvalue weighted by molar-refractivity contribution is 5.61. The summed E-state index contributed by atoms with van der Waals surface area (Å²) in [7, 11) is 0. The van der Waals surface area contributed by atoms with E-state index in [1.54, 1.807) is 35.1 Å². The van der Waals surface area contributed by atoms with Crippen molar-refractivity contribution in [3.63, 3.8) is 0 Å². The van der Waals surface area contributed by atoms with Gasteiger partial charge in [-0.2, -0.15) is 10.4 Å². The maximum atomic E-state index is 10.1. The Morgan fingerprint density at radius 3 is 2.54 bits per heavy atom. The Morgan fingerprint density at radius 2 is 1.83 bits per heavy atom. The Bertz CT molecular complexity index is 820. The highest BCUT2D eigenvalue weighted by atomic mass is 16.5. The minimum absolute atomic E-state index is 0.159. The van der Waals surface area contributed by atoms with Gasteiger partial charge in [-0.15, -0.1) is 0 Å². The minimum atomic E-state index is -0.677. The van der Waals surface area contributed by atoms with Crippen LogP contribution in [0.4, 0.5) is 0 Å². The number of rotatable bonds is 6. The van der Waals surface area contributed by atoms with Crippen LogP contribution in [0, 0.1) is 11.3 Å². The molecule has 0 saturated carbocycles. The van der Waals surface area contributed by atoms with Crippen LogP contribution >= 0.6 is 0 Å². The number of hydrogen-bond acceptors (Lipinski definition) is 4. The van der Waals surface area contributed by atoms with E-state index in [4.69, 9.17) is 10.00 Å². The third-order valence-corrected chi connectivity index (χ3v) is 3.56. The summed E-state index contributed by atoms with van der Waals surface area (Å²) in [6.07, 6.45) is 3.01. The van der Waals surface area contributed by atoms with Crippen LogP contribution in [0.5, 0.6) is 5.75 Å². The van der Waals surface area contributed by atoms with Crippen LogP contribution in [-0.2, 0) is 6.54 Å². The largest absolute Gasteiger partial charge is 0.491 e. The summed E-state index contributed by atoms with van der Waals surface area (Å²) in [5, 5.41) is 23.1. The van der Waals surface area contributed by atoms with Crippen molar-refractivity contribution in [3.8, 4) is 22.9 Å². The first-order valence-corrected chi connectivity index (χ1v) is 7.63. The number of aliphatic hydroxyl groups excluding tert-OH is 1. The smallest absolute Gasteiger partial charge is 0.119 e. The molecule has 1 unspecified atom stereocenters. The molecule has 0 aliphatic rings. The van der Waals surface area contributed by atoms with Crippen molar-refractivity contribution in [3.05, 3.63) is 72.6 Å². The van der Waals surface area contributed by atoms with Gasteiger partial charge in [-0.25, -0.2) is 0 Å². The first kappa shape index (κ1) is 15.8. The predicted octanol–water partition coefficient (Wildman–Crippen LogP) is 2.86. The van der Waals surface area contributed by atoms with Gasteiger partial charge in [0.25, 0.3) is 0 Å². The molecular weight excluding hydrogens is 302 g/mol. The summed E-state index contributed by atoms with van der Waals surface area (Å²) < 4.78 is 7.23. The van der Waals surface area contributed by atoms with Crippen molar-refractivity contribution in [1.82, 2.24) is 9.78 Å². The van der Waals surface area contributed by atoms with Crippen LogP contribution in [0.1, 0.15) is 5.56 Å².